The molecule has 1 atom stereocenters. The molecule has 0 spiro atoms. The molecule has 0 radical (unpaired) electrons. The highest BCUT2D eigenvalue weighted by atomic mass is 32.2. The Balaban J connectivity index is 2.07. The topological polar surface area (TPSA) is 105 Å². The third-order valence-corrected chi connectivity index (χ3v) is 7.76. The zero-order chi connectivity index (χ0) is 30.0. The summed E-state index contributed by atoms with van der Waals surface area (Å²) in [5, 5.41) is 2.93. The number of hydrogen-bond acceptors (Lipinski definition) is 6. The van der Waals surface area contributed by atoms with Crippen LogP contribution in [-0.2, 0) is 32.6 Å². The number of benzene rings is 3. The third-order valence-electron chi connectivity index (χ3n) is 6.63. The second-order valence-corrected chi connectivity index (χ2v) is 11.7. The number of sulfonamides is 1. The van der Waals surface area contributed by atoms with Gasteiger partial charge in [-0.3, -0.25) is 13.9 Å². The van der Waals surface area contributed by atoms with Crippen LogP contribution in [0.1, 0.15) is 30.0 Å². The average molecular weight is 582 g/mol. The molecule has 0 saturated carbocycles. The molecule has 0 bridgehead atoms. The number of aryl methyl sites for hydroxylation is 1. The van der Waals surface area contributed by atoms with Crippen LogP contribution in [0.3, 0.4) is 0 Å². The first-order valence-electron chi connectivity index (χ1n) is 13.4. The van der Waals surface area contributed by atoms with E-state index in [1.165, 1.54) is 25.2 Å². The second-order valence-electron chi connectivity index (χ2n) is 9.81. The Kier molecular flexibility index (Phi) is 11.2. The minimum atomic E-state index is -3.93. The molecule has 0 aromatic heterocycles. The largest absolute Gasteiger partial charge is 0.497 e. The van der Waals surface area contributed by atoms with E-state index in [1.807, 2.05) is 68.4 Å². The normalized spacial score (nSPS) is 11.8. The summed E-state index contributed by atoms with van der Waals surface area (Å²) in [5.41, 5.74) is 2.94. The SMILES string of the molecule is CCCNC(=O)[C@H](Cc1ccccc1)N(Cc1ccc(C)cc1)C(=O)CN(c1ccc(OC)cc1OC)S(C)(=O)=O. The maximum Gasteiger partial charge on any atom is 0.244 e. The molecule has 41 heavy (non-hydrogen) atoms. The lowest BCUT2D eigenvalue weighted by Crippen LogP contribution is -2.53. The minimum Gasteiger partial charge on any atom is -0.497 e. The molecule has 0 heterocycles. The fourth-order valence-electron chi connectivity index (χ4n) is 4.40. The Morgan fingerprint density at radius 1 is 0.927 bits per heavy atom. The molecule has 0 unspecified atom stereocenters. The maximum atomic E-state index is 14.2. The van der Waals surface area contributed by atoms with Gasteiger partial charge in [-0.2, -0.15) is 0 Å². The first-order chi connectivity index (χ1) is 19.6. The molecule has 0 saturated heterocycles. The summed E-state index contributed by atoms with van der Waals surface area (Å²) in [6.45, 7) is 3.96. The van der Waals surface area contributed by atoms with Crippen LogP contribution in [0, 0.1) is 6.92 Å². The van der Waals surface area contributed by atoms with E-state index in [2.05, 4.69) is 5.32 Å². The number of rotatable bonds is 14. The second kappa shape index (κ2) is 14.5. The summed E-state index contributed by atoms with van der Waals surface area (Å²) in [6, 6.07) is 20.9. The molecule has 3 aromatic rings. The molecule has 9 nitrogen and oxygen atoms in total. The van der Waals surface area contributed by atoms with E-state index >= 15 is 0 Å². The van der Waals surface area contributed by atoms with Crippen LogP contribution in [0.15, 0.2) is 72.8 Å². The predicted octanol–water partition coefficient (Wildman–Crippen LogP) is 3.94. The molecular weight excluding hydrogens is 542 g/mol. The first-order valence-corrected chi connectivity index (χ1v) is 15.3. The molecule has 10 heteroatoms. The van der Waals surface area contributed by atoms with Crippen molar-refractivity contribution in [2.45, 2.75) is 39.3 Å². The molecule has 0 aliphatic heterocycles. The molecule has 220 valence electrons. The molecule has 3 aromatic carbocycles. The number of nitrogens with zero attached hydrogens (tertiary/aromatic N) is 2. The van der Waals surface area contributed by atoms with Crippen LogP contribution in [0.4, 0.5) is 5.69 Å². The fourth-order valence-corrected chi connectivity index (χ4v) is 5.25. The number of anilines is 1. The van der Waals surface area contributed by atoms with E-state index in [4.69, 9.17) is 9.47 Å². The smallest absolute Gasteiger partial charge is 0.244 e. The van der Waals surface area contributed by atoms with Gasteiger partial charge in [0.05, 0.1) is 26.2 Å². The molecule has 0 fully saturated rings. The van der Waals surface area contributed by atoms with Crippen molar-refractivity contribution in [3.63, 3.8) is 0 Å². The van der Waals surface area contributed by atoms with Gasteiger partial charge >= 0.3 is 0 Å². The van der Waals surface area contributed by atoms with Crippen LogP contribution in [0.25, 0.3) is 0 Å². The lowest BCUT2D eigenvalue weighted by atomic mass is 10.0. The number of nitrogens with one attached hydrogen (secondary N) is 1. The highest BCUT2D eigenvalue weighted by Crippen LogP contribution is 2.33. The lowest BCUT2D eigenvalue weighted by Gasteiger charge is -2.33. The van der Waals surface area contributed by atoms with Gasteiger partial charge in [-0.25, -0.2) is 8.42 Å². The third kappa shape index (κ3) is 8.72. The Bertz CT molecular complexity index is 1410. The van der Waals surface area contributed by atoms with Crippen molar-refractivity contribution in [2.24, 2.45) is 0 Å². The Morgan fingerprint density at radius 2 is 1.61 bits per heavy atom. The fraction of sp³-hybridized carbons (Fsp3) is 0.355. The number of amides is 2. The van der Waals surface area contributed by atoms with Crippen molar-refractivity contribution in [3.8, 4) is 11.5 Å². The summed E-state index contributed by atoms with van der Waals surface area (Å²) in [6.07, 6.45) is 2.03. The van der Waals surface area contributed by atoms with Crippen LogP contribution in [-0.4, -0.2) is 64.7 Å². The van der Waals surface area contributed by atoms with Gasteiger partial charge in [0.1, 0.15) is 24.1 Å². The van der Waals surface area contributed by atoms with E-state index in [1.54, 1.807) is 12.1 Å². The van der Waals surface area contributed by atoms with Gasteiger partial charge in [0, 0.05) is 25.6 Å². The summed E-state index contributed by atoms with van der Waals surface area (Å²) in [5.74, 6) is -0.123. The summed E-state index contributed by atoms with van der Waals surface area (Å²) in [4.78, 5) is 29.2. The monoisotopic (exact) mass is 581 g/mol. The molecule has 1 N–H and O–H groups in total. The standard InChI is InChI=1S/C31H39N3O6S/c1-6-18-32-31(36)28(19-24-10-8-7-9-11-24)33(21-25-14-12-23(2)13-15-25)30(35)22-34(41(5,37)38)27-17-16-26(39-3)20-29(27)40-4/h7-17,20,28H,6,18-19,21-22H2,1-5H3,(H,32,36)/t28-/m0/s1. The summed E-state index contributed by atoms with van der Waals surface area (Å²) < 4.78 is 37.8. The molecule has 0 aliphatic carbocycles. The van der Waals surface area contributed by atoms with Crippen molar-refractivity contribution in [1.29, 1.82) is 0 Å². The van der Waals surface area contributed by atoms with E-state index in [-0.39, 0.29) is 30.3 Å². The van der Waals surface area contributed by atoms with Crippen molar-refractivity contribution >= 4 is 27.5 Å². The van der Waals surface area contributed by atoms with Crippen molar-refractivity contribution in [2.75, 3.05) is 37.9 Å². The Labute approximate surface area is 243 Å². The van der Waals surface area contributed by atoms with Crippen LogP contribution in [0.2, 0.25) is 0 Å². The highest BCUT2D eigenvalue weighted by molar-refractivity contribution is 7.92. The van der Waals surface area contributed by atoms with Crippen LogP contribution >= 0.6 is 0 Å². The molecular formula is C31H39N3O6S. The highest BCUT2D eigenvalue weighted by Gasteiger charge is 2.33. The van der Waals surface area contributed by atoms with Gasteiger partial charge in [0.2, 0.25) is 21.8 Å². The van der Waals surface area contributed by atoms with Crippen molar-refractivity contribution in [1.82, 2.24) is 10.2 Å². The summed E-state index contributed by atoms with van der Waals surface area (Å²) in [7, 11) is -1.03. The molecule has 2 amide bonds. The van der Waals surface area contributed by atoms with E-state index in [0.29, 0.717) is 12.3 Å². The number of carbonyl (C=O) groups is 2. The van der Waals surface area contributed by atoms with Gasteiger partial charge in [0.25, 0.3) is 0 Å². The zero-order valence-corrected chi connectivity index (χ0v) is 25.1. The van der Waals surface area contributed by atoms with Gasteiger partial charge in [0.15, 0.2) is 0 Å². The number of carbonyl (C=O) groups excluding carboxylic acids is 2. The van der Waals surface area contributed by atoms with Gasteiger partial charge in [-0.1, -0.05) is 67.1 Å². The maximum absolute atomic E-state index is 14.2. The van der Waals surface area contributed by atoms with E-state index in [0.717, 1.165) is 33.7 Å². The molecule has 0 aliphatic rings. The van der Waals surface area contributed by atoms with Gasteiger partial charge in [-0.05, 0) is 36.6 Å². The quantitative estimate of drug-likeness (QED) is 0.309. The zero-order valence-electron chi connectivity index (χ0n) is 24.3. The van der Waals surface area contributed by atoms with E-state index < -0.39 is 28.5 Å². The van der Waals surface area contributed by atoms with Crippen LogP contribution in [0.5, 0.6) is 11.5 Å². The summed E-state index contributed by atoms with van der Waals surface area (Å²) >= 11 is 0. The predicted molar refractivity (Wildman–Crippen MR) is 161 cm³/mol. The van der Waals surface area contributed by atoms with Gasteiger partial charge in [-0.15, -0.1) is 0 Å². The average Bonchev–Trinajstić information content (AvgIpc) is 2.96. The number of methoxy groups -OCH3 is 2. The molecule has 3 rings (SSSR count). The van der Waals surface area contributed by atoms with Crippen molar-refractivity contribution < 1.29 is 27.5 Å². The number of ether oxygens (including phenoxy) is 2. The number of hydrogen-bond donors (Lipinski definition) is 1. The lowest BCUT2D eigenvalue weighted by molar-refractivity contribution is -0.140. The van der Waals surface area contributed by atoms with Gasteiger partial charge < -0.3 is 19.7 Å². The Hall–Kier alpha value is -4.05. The van der Waals surface area contributed by atoms with Crippen LogP contribution < -0.4 is 19.1 Å². The first kappa shape index (κ1) is 31.5. The van der Waals surface area contributed by atoms with E-state index in [9.17, 15) is 18.0 Å². The Morgan fingerprint density at radius 3 is 2.20 bits per heavy atom. The minimum absolute atomic E-state index is 0.119. The van der Waals surface area contributed by atoms with Crippen molar-refractivity contribution in [3.05, 3.63) is 89.5 Å².